The van der Waals surface area contributed by atoms with Crippen LogP contribution in [-0.4, -0.2) is 4.98 Å². The Morgan fingerprint density at radius 3 is 2.82 bits per heavy atom. The van der Waals surface area contributed by atoms with Crippen molar-refractivity contribution in [2.75, 3.05) is 0 Å². The number of nitrogens with zero attached hydrogens (tertiary/aromatic N) is 2. The van der Waals surface area contributed by atoms with Gasteiger partial charge in [-0.1, -0.05) is 17.7 Å². The van der Waals surface area contributed by atoms with Crippen molar-refractivity contribution in [3.05, 3.63) is 52.9 Å². The van der Waals surface area contributed by atoms with Gasteiger partial charge in [-0.25, -0.2) is 9.37 Å². The number of halogens is 2. The first-order chi connectivity index (χ1) is 8.20. The molecule has 0 bridgehead atoms. The first kappa shape index (κ1) is 11.4. The van der Waals surface area contributed by atoms with Crippen molar-refractivity contribution >= 4 is 11.6 Å². The molecule has 0 unspecified atom stereocenters. The normalized spacial score (nSPS) is 9.71. The molecule has 0 amide bonds. The highest BCUT2D eigenvalue weighted by atomic mass is 35.5. The molecule has 0 saturated heterocycles. The highest BCUT2D eigenvalue weighted by Gasteiger charge is 2.10. The molecule has 1 aromatic heterocycles. The van der Waals surface area contributed by atoms with E-state index >= 15 is 0 Å². The molecule has 0 saturated carbocycles. The van der Waals surface area contributed by atoms with Gasteiger partial charge < -0.3 is 4.74 Å². The number of benzene rings is 1. The van der Waals surface area contributed by atoms with Gasteiger partial charge >= 0.3 is 0 Å². The smallest absolute Gasteiger partial charge is 0.219 e. The van der Waals surface area contributed by atoms with E-state index < -0.39 is 5.82 Å². The van der Waals surface area contributed by atoms with Crippen LogP contribution in [0, 0.1) is 17.1 Å². The largest absolute Gasteiger partial charge is 0.436 e. The van der Waals surface area contributed by atoms with Crippen molar-refractivity contribution in [1.29, 1.82) is 5.26 Å². The van der Waals surface area contributed by atoms with Crippen LogP contribution in [0.1, 0.15) is 5.56 Å². The Balaban J connectivity index is 2.35. The van der Waals surface area contributed by atoms with Crippen molar-refractivity contribution in [2.45, 2.75) is 0 Å². The predicted molar refractivity (Wildman–Crippen MR) is 60.4 cm³/mol. The lowest BCUT2D eigenvalue weighted by Crippen LogP contribution is -1.92. The summed E-state index contributed by atoms with van der Waals surface area (Å²) in [5.41, 5.74) is 0.0672. The summed E-state index contributed by atoms with van der Waals surface area (Å²) in [6.45, 7) is 0. The van der Waals surface area contributed by atoms with Crippen LogP contribution in [0.4, 0.5) is 4.39 Å². The van der Waals surface area contributed by atoms with Crippen molar-refractivity contribution in [2.24, 2.45) is 0 Å². The first-order valence-corrected chi connectivity index (χ1v) is 5.06. The van der Waals surface area contributed by atoms with E-state index in [4.69, 9.17) is 21.6 Å². The molecule has 0 spiro atoms. The average Bonchev–Trinajstić information content (AvgIpc) is 2.34. The summed E-state index contributed by atoms with van der Waals surface area (Å²) in [6.07, 6.45) is 1.53. The van der Waals surface area contributed by atoms with E-state index in [0.29, 0.717) is 0 Å². The van der Waals surface area contributed by atoms with E-state index in [1.165, 1.54) is 12.3 Å². The number of pyridine rings is 1. The minimum absolute atomic E-state index is 0.0623. The van der Waals surface area contributed by atoms with E-state index in [9.17, 15) is 4.39 Å². The Hall–Kier alpha value is -2.12. The van der Waals surface area contributed by atoms with Gasteiger partial charge in [-0.3, -0.25) is 0 Å². The molecule has 0 fully saturated rings. The summed E-state index contributed by atoms with van der Waals surface area (Å²) in [4.78, 5) is 3.89. The Morgan fingerprint density at radius 1 is 1.35 bits per heavy atom. The molecule has 1 heterocycles. The standard InChI is InChI=1S/C12H6ClFN2O/c13-9-6-11(10(14)5-8(9)7-15)17-12-3-1-2-4-16-12/h1-6H. The molecule has 2 rings (SSSR count). The lowest BCUT2D eigenvalue weighted by molar-refractivity contribution is 0.427. The fourth-order valence-electron chi connectivity index (χ4n) is 1.21. The fraction of sp³-hybridized carbons (Fsp3) is 0. The lowest BCUT2D eigenvalue weighted by Gasteiger charge is -2.06. The zero-order chi connectivity index (χ0) is 12.3. The summed E-state index contributed by atoms with van der Waals surface area (Å²) in [5.74, 6) is -0.462. The second kappa shape index (κ2) is 4.81. The summed E-state index contributed by atoms with van der Waals surface area (Å²) < 4.78 is 18.7. The minimum atomic E-state index is -0.656. The molecule has 1 aromatic carbocycles. The van der Waals surface area contributed by atoms with E-state index in [1.807, 2.05) is 0 Å². The van der Waals surface area contributed by atoms with Crippen molar-refractivity contribution in [3.63, 3.8) is 0 Å². The van der Waals surface area contributed by atoms with Gasteiger partial charge in [-0.15, -0.1) is 0 Å². The van der Waals surface area contributed by atoms with Gasteiger partial charge in [-0.2, -0.15) is 5.26 Å². The Labute approximate surface area is 102 Å². The number of hydrogen-bond donors (Lipinski definition) is 0. The molecule has 84 valence electrons. The Morgan fingerprint density at radius 2 is 2.18 bits per heavy atom. The highest BCUT2D eigenvalue weighted by Crippen LogP contribution is 2.28. The van der Waals surface area contributed by atoms with Gasteiger partial charge in [0.1, 0.15) is 6.07 Å². The Kier molecular flexibility index (Phi) is 3.22. The van der Waals surface area contributed by atoms with E-state index in [2.05, 4.69) is 4.98 Å². The second-order valence-electron chi connectivity index (χ2n) is 3.14. The van der Waals surface area contributed by atoms with Crippen LogP contribution in [0.3, 0.4) is 0 Å². The molecule has 5 heteroatoms. The van der Waals surface area contributed by atoms with Crippen LogP contribution in [0.15, 0.2) is 36.5 Å². The molecule has 0 radical (unpaired) electrons. The van der Waals surface area contributed by atoms with E-state index in [0.717, 1.165) is 6.07 Å². The van der Waals surface area contributed by atoms with Crippen molar-refractivity contribution in [1.82, 2.24) is 4.98 Å². The third-order valence-corrected chi connectivity index (χ3v) is 2.31. The molecule has 0 N–H and O–H groups in total. The summed E-state index contributed by atoms with van der Waals surface area (Å²) in [7, 11) is 0. The maximum Gasteiger partial charge on any atom is 0.219 e. The third-order valence-electron chi connectivity index (χ3n) is 1.99. The quantitative estimate of drug-likeness (QED) is 0.817. The molecule has 0 aliphatic carbocycles. The molecule has 0 aliphatic heterocycles. The monoisotopic (exact) mass is 248 g/mol. The number of ether oxygens (including phenoxy) is 1. The first-order valence-electron chi connectivity index (χ1n) is 4.69. The van der Waals surface area contributed by atoms with Gasteiger partial charge in [0, 0.05) is 18.3 Å². The summed E-state index contributed by atoms with van der Waals surface area (Å²) in [5, 5.41) is 8.81. The molecule has 2 aromatic rings. The maximum absolute atomic E-state index is 13.5. The fourth-order valence-corrected chi connectivity index (χ4v) is 1.41. The van der Waals surface area contributed by atoms with Crippen LogP contribution < -0.4 is 4.74 Å². The molecular weight excluding hydrogens is 243 g/mol. The zero-order valence-electron chi connectivity index (χ0n) is 8.52. The lowest BCUT2D eigenvalue weighted by atomic mass is 10.2. The van der Waals surface area contributed by atoms with Crippen LogP contribution in [-0.2, 0) is 0 Å². The SMILES string of the molecule is N#Cc1cc(F)c(Oc2ccccn2)cc1Cl. The van der Waals surface area contributed by atoms with Crippen LogP contribution in [0.25, 0.3) is 0 Å². The van der Waals surface area contributed by atoms with Gasteiger partial charge in [0.2, 0.25) is 5.88 Å². The maximum atomic E-state index is 13.5. The topological polar surface area (TPSA) is 45.9 Å². The molecule has 0 atom stereocenters. The predicted octanol–water partition coefficient (Wildman–Crippen LogP) is 3.54. The molecular formula is C12H6ClFN2O. The van der Waals surface area contributed by atoms with Crippen LogP contribution >= 0.6 is 11.6 Å². The summed E-state index contributed by atoms with van der Waals surface area (Å²) in [6, 6.07) is 9.09. The number of hydrogen-bond acceptors (Lipinski definition) is 3. The number of rotatable bonds is 2. The highest BCUT2D eigenvalue weighted by molar-refractivity contribution is 6.31. The number of aromatic nitrogens is 1. The van der Waals surface area contributed by atoms with E-state index in [-0.39, 0.29) is 22.2 Å². The third kappa shape index (κ3) is 2.52. The van der Waals surface area contributed by atoms with Gasteiger partial charge in [-0.05, 0) is 12.1 Å². The van der Waals surface area contributed by atoms with Crippen LogP contribution in [0.5, 0.6) is 11.6 Å². The minimum Gasteiger partial charge on any atom is -0.436 e. The Bertz CT molecular complexity index is 581. The zero-order valence-corrected chi connectivity index (χ0v) is 9.28. The van der Waals surface area contributed by atoms with Gasteiger partial charge in [0.25, 0.3) is 0 Å². The van der Waals surface area contributed by atoms with Crippen molar-refractivity contribution in [3.8, 4) is 17.7 Å². The average molecular weight is 249 g/mol. The second-order valence-corrected chi connectivity index (χ2v) is 3.55. The molecule has 17 heavy (non-hydrogen) atoms. The number of nitriles is 1. The molecule has 3 nitrogen and oxygen atoms in total. The van der Waals surface area contributed by atoms with E-state index in [1.54, 1.807) is 24.3 Å². The summed E-state index contributed by atoms with van der Waals surface area (Å²) >= 11 is 5.78. The van der Waals surface area contributed by atoms with Crippen LogP contribution in [0.2, 0.25) is 5.02 Å². The molecule has 0 aliphatic rings. The van der Waals surface area contributed by atoms with Gasteiger partial charge in [0.15, 0.2) is 11.6 Å². The van der Waals surface area contributed by atoms with Crippen molar-refractivity contribution < 1.29 is 9.13 Å². The van der Waals surface area contributed by atoms with Gasteiger partial charge in [0.05, 0.1) is 10.6 Å².